The number of hydrogen-bond acceptors (Lipinski definition) is 3. The van der Waals surface area contributed by atoms with Crippen LogP contribution in [0.3, 0.4) is 0 Å². The van der Waals surface area contributed by atoms with Crippen molar-refractivity contribution in [1.29, 1.82) is 0 Å². The minimum Gasteiger partial charge on any atom is -0.359 e. The fourth-order valence-electron chi connectivity index (χ4n) is 2.15. The van der Waals surface area contributed by atoms with Crippen LogP contribution < -0.4 is 10.6 Å². The van der Waals surface area contributed by atoms with Crippen LogP contribution in [0.1, 0.15) is 43.7 Å². The highest BCUT2D eigenvalue weighted by Crippen LogP contribution is 2.14. The predicted octanol–water partition coefficient (Wildman–Crippen LogP) is 4.37. The Morgan fingerprint density at radius 3 is 2.56 bits per heavy atom. The molecule has 0 atom stereocenters. The molecule has 5 nitrogen and oxygen atoms in total. The Kier molecular flexibility index (Phi) is 9.89. The predicted molar refractivity (Wildman–Crippen MR) is 114 cm³/mol. The summed E-state index contributed by atoms with van der Waals surface area (Å²) in [5.74, 6) is 1.90. The highest BCUT2D eigenvalue weighted by Gasteiger charge is 2.07. The highest BCUT2D eigenvalue weighted by atomic mass is 127. The fourth-order valence-corrected chi connectivity index (χ4v) is 2.28. The van der Waals surface area contributed by atoms with E-state index < -0.39 is 0 Å². The SMILES string of the molecule is CCNC(=NCc1cc(C(C)C)no1)NCCc1ccc(Cl)cc1.I. The molecule has 7 heteroatoms. The van der Waals surface area contributed by atoms with Crippen molar-refractivity contribution in [3.8, 4) is 0 Å². The van der Waals surface area contributed by atoms with Crippen LogP contribution in [-0.2, 0) is 13.0 Å². The van der Waals surface area contributed by atoms with Crippen LogP contribution in [0.4, 0.5) is 0 Å². The number of aromatic nitrogens is 1. The van der Waals surface area contributed by atoms with Gasteiger partial charge in [0.15, 0.2) is 11.7 Å². The molecule has 138 valence electrons. The molecule has 0 saturated carbocycles. The highest BCUT2D eigenvalue weighted by molar-refractivity contribution is 14.0. The second kappa shape index (κ2) is 11.4. The summed E-state index contributed by atoms with van der Waals surface area (Å²) in [6.07, 6.45) is 0.904. The average Bonchev–Trinajstić information content (AvgIpc) is 3.04. The monoisotopic (exact) mass is 476 g/mol. The Morgan fingerprint density at radius 1 is 1.24 bits per heavy atom. The molecule has 1 heterocycles. The van der Waals surface area contributed by atoms with Crippen molar-refractivity contribution in [3.05, 3.63) is 52.4 Å². The molecule has 0 bridgehead atoms. The molecule has 0 saturated heterocycles. The minimum atomic E-state index is 0. The molecule has 1 aromatic carbocycles. The van der Waals surface area contributed by atoms with Crippen LogP contribution in [0.25, 0.3) is 0 Å². The van der Waals surface area contributed by atoms with E-state index in [0.29, 0.717) is 12.5 Å². The van der Waals surface area contributed by atoms with Crippen LogP contribution >= 0.6 is 35.6 Å². The van der Waals surface area contributed by atoms with Gasteiger partial charge in [-0.15, -0.1) is 24.0 Å². The standard InChI is InChI=1S/C18H25ClN4O.HI/c1-4-20-18(21-10-9-14-5-7-15(19)8-6-14)22-12-16-11-17(13(2)3)23-24-16;/h5-8,11,13H,4,9-10,12H2,1-3H3,(H2,20,21,22);1H. The molecule has 0 aliphatic heterocycles. The molecular weight excluding hydrogens is 451 g/mol. The van der Waals surface area contributed by atoms with E-state index in [2.05, 4.69) is 34.6 Å². The number of aliphatic imine (C=N–C) groups is 1. The summed E-state index contributed by atoms with van der Waals surface area (Å²) in [5, 5.41) is 11.4. The van der Waals surface area contributed by atoms with Gasteiger partial charge in [-0.05, 0) is 37.0 Å². The molecule has 0 fully saturated rings. The zero-order valence-electron chi connectivity index (χ0n) is 14.9. The maximum atomic E-state index is 5.90. The van der Waals surface area contributed by atoms with Crippen LogP contribution in [0.15, 0.2) is 39.8 Å². The van der Waals surface area contributed by atoms with Gasteiger partial charge in [0.1, 0.15) is 6.54 Å². The van der Waals surface area contributed by atoms with Gasteiger partial charge in [0.25, 0.3) is 0 Å². The molecule has 0 spiro atoms. The topological polar surface area (TPSA) is 62.5 Å². The summed E-state index contributed by atoms with van der Waals surface area (Å²) in [4.78, 5) is 4.54. The lowest BCUT2D eigenvalue weighted by Crippen LogP contribution is -2.38. The summed E-state index contributed by atoms with van der Waals surface area (Å²) in [6.45, 7) is 8.29. The van der Waals surface area contributed by atoms with Crippen molar-refractivity contribution in [3.63, 3.8) is 0 Å². The van der Waals surface area contributed by atoms with Gasteiger partial charge in [0, 0.05) is 24.2 Å². The van der Waals surface area contributed by atoms with E-state index in [4.69, 9.17) is 16.1 Å². The number of guanidine groups is 1. The van der Waals surface area contributed by atoms with Crippen molar-refractivity contribution in [2.45, 2.75) is 39.7 Å². The third kappa shape index (κ3) is 7.64. The van der Waals surface area contributed by atoms with Gasteiger partial charge in [-0.25, -0.2) is 4.99 Å². The molecule has 0 aliphatic carbocycles. The molecule has 0 amide bonds. The van der Waals surface area contributed by atoms with Crippen molar-refractivity contribution in [2.24, 2.45) is 4.99 Å². The van der Waals surface area contributed by atoms with Crippen LogP contribution in [-0.4, -0.2) is 24.2 Å². The maximum absolute atomic E-state index is 5.90. The maximum Gasteiger partial charge on any atom is 0.191 e. The molecule has 1 aromatic heterocycles. The normalized spacial score (nSPS) is 11.3. The lowest BCUT2D eigenvalue weighted by Gasteiger charge is -2.11. The summed E-state index contributed by atoms with van der Waals surface area (Å²) in [5.41, 5.74) is 2.19. The first-order chi connectivity index (χ1) is 11.6. The summed E-state index contributed by atoms with van der Waals surface area (Å²) in [7, 11) is 0. The van der Waals surface area contributed by atoms with Crippen LogP contribution in [0, 0.1) is 0 Å². The Balaban J connectivity index is 0.00000312. The number of rotatable bonds is 7. The minimum absolute atomic E-state index is 0. The van der Waals surface area contributed by atoms with E-state index in [1.165, 1.54) is 5.56 Å². The van der Waals surface area contributed by atoms with E-state index >= 15 is 0 Å². The van der Waals surface area contributed by atoms with E-state index in [1.54, 1.807) is 0 Å². The Bertz CT molecular complexity index is 655. The first kappa shape index (κ1) is 21.8. The molecule has 2 N–H and O–H groups in total. The lowest BCUT2D eigenvalue weighted by atomic mass is 10.1. The summed E-state index contributed by atoms with van der Waals surface area (Å²) >= 11 is 5.90. The number of hydrogen-bond donors (Lipinski definition) is 2. The molecule has 0 unspecified atom stereocenters. The van der Waals surface area contributed by atoms with E-state index in [1.807, 2.05) is 37.3 Å². The Hall–Kier alpha value is -1.28. The van der Waals surface area contributed by atoms with Gasteiger partial charge >= 0.3 is 0 Å². The zero-order chi connectivity index (χ0) is 17.4. The summed E-state index contributed by atoms with van der Waals surface area (Å²) < 4.78 is 5.31. The fraction of sp³-hybridized carbons (Fsp3) is 0.444. The third-order valence-electron chi connectivity index (χ3n) is 3.53. The number of nitrogens with zero attached hydrogens (tertiary/aromatic N) is 2. The van der Waals surface area contributed by atoms with Gasteiger partial charge in [-0.3, -0.25) is 0 Å². The van der Waals surface area contributed by atoms with Gasteiger partial charge in [0.2, 0.25) is 0 Å². The number of benzene rings is 1. The number of nitrogens with one attached hydrogen (secondary N) is 2. The van der Waals surface area contributed by atoms with E-state index in [-0.39, 0.29) is 24.0 Å². The van der Waals surface area contributed by atoms with Crippen molar-refractivity contribution < 1.29 is 4.52 Å². The quantitative estimate of drug-likeness (QED) is 0.354. The molecule has 2 rings (SSSR count). The molecule has 0 radical (unpaired) electrons. The largest absolute Gasteiger partial charge is 0.359 e. The van der Waals surface area contributed by atoms with E-state index in [9.17, 15) is 0 Å². The zero-order valence-corrected chi connectivity index (χ0v) is 18.0. The van der Waals surface area contributed by atoms with Gasteiger partial charge in [0.05, 0.1) is 5.69 Å². The van der Waals surface area contributed by atoms with Crippen molar-refractivity contribution in [2.75, 3.05) is 13.1 Å². The Morgan fingerprint density at radius 2 is 1.96 bits per heavy atom. The van der Waals surface area contributed by atoms with Gasteiger partial charge in [-0.1, -0.05) is 42.7 Å². The van der Waals surface area contributed by atoms with E-state index in [0.717, 1.165) is 41.9 Å². The third-order valence-corrected chi connectivity index (χ3v) is 3.78. The first-order valence-electron chi connectivity index (χ1n) is 8.30. The lowest BCUT2D eigenvalue weighted by molar-refractivity contribution is 0.376. The molecule has 2 aromatic rings. The number of halogens is 2. The van der Waals surface area contributed by atoms with Gasteiger partial charge in [-0.2, -0.15) is 0 Å². The molecular formula is C18H26ClIN4O. The Labute approximate surface area is 171 Å². The summed E-state index contributed by atoms with van der Waals surface area (Å²) in [6, 6.07) is 9.86. The van der Waals surface area contributed by atoms with Crippen molar-refractivity contribution in [1.82, 2.24) is 15.8 Å². The van der Waals surface area contributed by atoms with Gasteiger partial charge < -0.3 is 15.2 Å². The molecule has 0 aliphatic rings. The van der Waals surface area contributed by atoms with Crippen LogP contribution in [0.5, 0.6) is 0 Å². The first-order valence-corrected chi connectivity index (χ1v) is 8.68. The molecule has 25 heavy (non-hydrogen) atoms. The van der Waals surface area contributed by atoms with Crippen molar-refractivity contribution >= 4 is 41.5 Å². The average molecular weight is 477 g/mol. The smallest absolute Gasteiger partial charge is 0.191 e. The second-order valence-corrected chi connectivity index (χ2v) is 6.31. The van der Waals surface area contributed by atoms with Crippen LogP contribution in [0.2, 0.25) is 5.02 Å². The second-order valence-electron chi connectivity index (χ2n) is 5.87.